The van der Waals surface area contributed by atoms with Gasteiger partial charge >= 0.3 is 24.7 Å². The third-order valence-corrected chi connectivity index (χ3v) is 27.0. The van der Waals surface area contributed by atoms with Crippen molar-refractivity contribution in [2.75, 3.05) is 0 Å². The van der Waals surface area contributed by atoms with Gasteiger partial charge in [0.25, 0.3) is 0 Å². The Bertz CT molecular complexity index is 7110. The van der Waals surface area contributed by atoms with Gasteiger partial charge in [0, 0.05) is 55.5 Å². The molecule has 0 fully saturated rings. The summed E-state index contributed by atoms with van der Waals surface area (Å²) in [5, 5.41) is 0. The Morgan fingerprint density at radius 3 is 1.02 bits per heavy atom. The third-order valence-electron chi connectivity index (χ3n) is 27.0. The van der Waals surface area contributed by atoms with E-state index in [1.165, 1.54) is 48.5 Å². The SMILES string of the molecule is CC/C=C(\C)c1nc(C)cc2[nH]c(c(C)c2CC)c(-c2ccccc2C(F)(F)F)c2nc(c(-c3ccc4c(c3)C(C)(C)c3cc(-c5c6nc(c(-c7ccccc7C(F)(F)F)c7[nH]c(cc8nc(c(-c9ccccc9C(F)(F)F)c9[nH]c5c(CC)c9C)C(C)=C8CC)c(CC)c7C)C(C)=C6CC)ccc3-4)c3[nH]c(c(C)c3CC)c1-c1ccccc1C(F)(F)F)C(CC)=C2C. The van der Waals surface area contributed by atoms with E-state index in [0.717, 1.165) is 74.3 Å². The highest BCUT2D eigenvalue weighted by Crippen LogP contribution is 2.57. The molecule has 0 saturated carbocycles. The Morgan fingerprint density at radius 2 is 0.656 bits per heavy atom. The van der Waals surface area contributed by atoms with Gasteiger partial charge in [0.1, 0.15) is 0 Å². The smallest absolute Gasteiger partial charge is 0.354 e. The van der Waals surface area contributed by atoms with E-state index in [4.69, 9.17) is 19.9 Å². The van der Waals surface area contributed by atoms with Gasteiger partial charge in [-0.1, -0.05) is 172 Å². The van der Waals surface area contributed by atoms with Crippen LogP contribution in [0.1, 0.15) is 246 Å². The highest BCUT2D eigenvalue weighted by atomic mass is 19.4. The molecular formula is C108H102F12N8. The first-order valence-electron chi connectivity index (χ1n) is 44.1. The van der Waals surface area contributed by atoms with Gasteiger partial charge < -0.3 is 19.9 Å². The van der Waals surface area contributed by atoms with Crippen molar-refractivity contribution in [3.8, 4) is 77.9 Å². The Kier molecular flexibility index (Phi) is 23.0. The summed E-state index contributed by atoms with van der Waals surface area (Å²) in [5.41, 5.74) is 18.6. The minimum absolute atomic E-state index is 0.100. The van der Waals surface area contributed by atoms with Crippen molar-refractivity contribution in [2.45, 2.75) is 213 Å². The summed E-state index contributed by atoms with van der Waals surface area (Å²) < 4.78 is 193. The number of H-pyrrole nitrogens is 4. The second-order valence-corrected chi connectivity index (χ2v) is 34.5. The fraction of sp³-hybridized carbons (Fsp3) is 0.296. The number of nitrogens with one attached hydrogen (secondary N) is 4. The van der Waals surface area contributed by atoms with E-state index in [2.05, 4.69) is 52.0 Å². The summed E-state index contributed by atoms with van der Waals surface area (Å²) in [5.74, 6) is 0. The maximum absolute atomic E-state index is 16.1. The molecule has 0 radical (unpaired) electrons. The van der Waals surface area contributed by atoms with Crippen LogP contribution in [0.4, 0.5) is 52.7 Å². The van der Waals surface area contributed by atoms with Crippen LogP contribution in [0.3, 0.4) is 0 Å². The molecule has 0 unspecified atom stereocenters. The summed E-state index contributed by atoms with van der Waals surface area (Å²) in [7, 11) is 0. The molecule has 6 aromatic carbocycles. The predicted octanol–water partition coefficient (Wildman–Crippen LogP) is 32.6. The molecule has 16 rings (SSSR count). The first-order chi connectivity index (χ1) is 60.7. The van der Waals surface area contributed by atoms with Crippen molar-refractivity contribution in [3.05, 3.63) is 275 Å². The van der Waals surface area contributed by atoms with Gasteiger partial charge in [0.05, 0.1) is 95.2 Å². The summed E-state index contributed by atoms with van der Waals surface area (Å²) in [6.45, 7) is 36.8. The fourth-order valence-corrected chi connectivity index (χ4v) is 20.9. The van der Waals surface area contributed by atoms with Gasteiger partial charge in [-0.15, -0.1) is 0 Å². The topological polar surface area (TPSA) is 115 Å². The number of fused-ring (bicyclic) bond motifs is 17. The molecule has 0 saturated heterocycles. The van der Waals surface area contributed by atoms with Crippen LogP contribution in [0.15, 0.2) is 152 Å². The van der Waals surface area contributed by atoms with Crippen LogP contribution < -0.4 is 0 Å². The lowest BCUT2D eigenvalue weighted by molar-refractivity contribution is -0.137. The molecular weight excluding hydrogens is 1640 g/mol. The molecule has 658 valence electrons. The van der Waals surface area contributed by atoms with Gasteiger partial charge in [-0.3, -0.25) is 4.98 Å². The number of alkyl halides is 12. The second-order valence-electron chi connectivity index (χ2n) is 34.5. The first-order valence-corrected chi connectivity index (χ1v) is 44.1. The van der Waals surface area contributed by atoms with E-state index < -0.39 is 52.4 Å². The van der Waals surface area contributed by atoms with Crippen molar-refractivity contribution < 1.29 is 52.7 Å². The molecule has 128 heavy (non-hydrogen) atoms. The number of rotatable bonds is 15. The molecule has 4 N–H and O–H groups in total. The minimum atomic E-state index is -4.85. The molecule has 0 spiro atoms. The van der Waals surface area contributed by atoms with Crippen LogP contribution in [0.5, 0.6) is 0 Å². The van der Waals surface area contributed by atoms with Crippen molar-refractivity contribution >= 4 is 83.1 Å². The van der Waals surface area contributed by atoms with Gasteiger partial charge in [-0.2, -0.15) is 52.7 Å². The van der Waals surface area contributed by atoms with Crippen LogP contribution in [-0.2, 0) is 55.8 Å². The predicted molar refractivity (Wildman–Crippen MR) is 499 cm³/mol. The summed E-state index contributed by atoms with van der Waals surface area (Å²) in [6.07, 6.45) is -14.3. The highest BCUT2D eigenvalue weighted by Gasteiger charge is 2.43. The quantitative estimate of drug-likeness (QED) is 0.0766. The lowest BCUT2D eigenvalue weighted by Gasteiger charge is -2.23. The van der Waals surface area contributed by atoms with E-state index in [0.29, 0.717) is 208 Å². The summed E-state index contributed by atoms with van der Waals surface area (Å²) in [4.78, 5) is 37.3. The Morgan fingerprint density at radius 1 is 0.328 bits per heavy atom. The zero-order valence-corrected chi connectivity index (χ0v) is 75.4. The molecule has 0 amide bonds. The van der Waals surface area contributed by atoms with E-state index in [-0.39, 0.29) is 55.9 Å². The Labute approximate surface area is 737 Å². The van der Waals surface area contributed by atoms with Gasteiger partial charge in [-0.05, 0) is 301 Å². The third kappa shape index (κ3) is 14.6. The maximum Gasteiger partial charge on any atom is 0.417 e. The van der Waals surface area contributed by atoms with Crippen LogP contribution >= 0.6 is 0 Å². The Balaban J connectivity index is 1.06. The molecule has 8 nitrogen and oxygen atoms in total. The first kappa shape index (κ1) is 89.1. The number of aromatic nitrogens is 8. The lowest BCUT2D eigenvalue weighted by Crippen LogP contribution is -2.15. The standard InChI is InChI=1S/C108H102F12N8/c1-20-36-53(9)92-88(73-37-28-32-41-77(73)105(109,110)111)96-58(14)67(24-5)100(125-96)86(101-68(25-6)59(15)97(126-101)89(74-38-29-33-42-78(74)106(112,113)114)93-55(11)64(21-2)83(122-93)49-54(10)121-92)62-45-47-71-72-48-46-63(51-82(72)104(18,19)81(71)50-62)87-102-69(26-7)60(16)98(127-102)90(75-39-30-34-43-79(75)107(115,116)117)94-56(12)65(22-3)84(123-94)52-85-66(23-4)57(13)95(124-85)91(99-61(17)70(27-8)103(87)128-99)76-40-31-35-44-80(76)108(118,119)120/h28-52,122-123,125,128H,20-27H2,1-19H3/b53-36+,54-49?,83-49?,84-52?,85-52?,92-88?,93-89?,94-90?,95-91?,96-88?,97-89?,98-90?,99-91?,100-86?,101-86?,102-87?,103-87?,121-54?,121-92?. The van der Waals surface area contributed by atoms with Crippen molar-refractivity contribution in [1.82, 2.24) is 39.9 Å². The number of aryl methyl sites for hydroxylation is 9. The number of nitrogens with zero attached hydrogens (tertiary/aromatic N) is 4. The summed E-state index contributed by atoms with van der Waals surface area (Å²) in [6, 6.07) is 38.1. The largest absolute Gasteiger partial charge is 0.417 e. The summed E-state index contributed by atoms with van der Waals surface area (Å²) >= 11 is 0. The number of benzene rings is 6. The number of aromatic amines is 4. The zero-order chi connectivity index (χ0) is 91.9. The van der Waals surface area contributed by atoms with E-state index in [1.807, 2.05) is 147 Å². The highest BCUT2D eigenvalue weighted by molar-refractivity contribution is 6.10. The normalized spacial score (nSPS) is 14.0. The number of allylic oxidation sites excluding steroid dienone is 8. The molecule has 4 aliphatic rings. The number of hydrogen-bond acceptors (Lipinski definition) is 4. The van der Waals surface area contributed by atoms with Crippen molar-refractivity contribution in [2.24, 2.45) is 0 Å². The van der Waals surface area contributed by atoms with E-state index in [1.54, 1.807) is 31.2 Å². The lowest BCUT2D eigenvalue weighted by atomic mass is 9.80. The molecule has 12 aromatic rings. The van der Waals surface area contributed by atoms with E-state index >= 15 is 52.7 Å². The van der Waals surface area contributed by atoms with Gasteiger partial charge in [0.15, 0.2) is 0 Å². The second kappa shape index (κ2) is 33.1. The average molecular weight is 1740 g/mol. The molecule has 3 aliphatic heterocycles. The molecule has 14 bridgehead atoms. The van der Waals surface area contributed by atoms with Crippen LogP contribution in [-0.4, -0.2) is 39.9 Å². The molecule has 1 aliphatic carbocycles. The molecule has 0 atom stereocenters. The zero-order valence-electron chi connectivity index (χ0n) is 75.4. The van der Waals surface area contributed by atoms with Crippen molar-refractivity contribution in [1.29, 1.82) is 0 Å². The minimum Gasteiger partial charge on any atom is -0.354 e. The maximum atomic E-state index is 16.1. The van der Waals surface area contributed by atoms with E-state index in [9.17, 15) is 0 Å². The molecule has 6 aromatic heterocycles. The Hall–Kier alpha value is -12.3. The molecule has 20 heteroatoms. The monoisotopic (exact) mass is 1740 g/mol. The van der Waals surface area contributed by atoms with Crippen LogP contribution in [0, 0.1) is 34.6 Å². The van der Waals surface area contributed by atoms with Gasteiger partial charge in [-0.25, -0.2) is 15.0 Å². The average Bonchev–Trinajstić information content (AvgIpc) is 1.56. The van der Waals surface area contributed by atoms with Crippen LogP contribution in [0.25, 0.3) is 161 Å². The van der Waals surface area contributed by atoms with Crippen LogP contribution in [0.2, 0.25) is 0 Å². The number of hydrogen-bond donors (Lipinski definition) is 4. The van der Waals surface area contributed by atoms with Crippen molar-refractivity contribution in [3.63, 3.8) is 0 Å². The van der Waals surface area contributed by atoms with Gasteiger partial charge in [0.2, 0.25) is 0 Å². The molecule has 9 heterocycles. The number of halogens is 12. The fourth-order valence-electron chi connectivity index (χ4n) is 20.9.